The van der Waals surface area contributed by atoms with E-state index in [0.29, 0.717) is 30.2 Å². The van der Waals surface area contributed by atoms with Gasteiger partial charge in [-0.25, -0.2) is 4.79 Å². The Balaban J connectivity index is 1.91. The third kappa shape index (κ3) is 7.45. The number of ether oxygens (including phenoxy) is 2. The van der Waals surface area contributed by atoms with Crippen LogP contribution in [0, 0.1) is 5.92 Å². The van der Waals surface area contributed by atoms with Gasteiger partial charge in [-0.3, -0.25) is 9.69 Å². The molecule has 2 aromatic rings. The molecule has 3 rings (SSSR count). The van der Waals surface area contributed by atoms with Crippen molar-refractivity contribution in [2.75, 3.05) is 39.2 Å². The highest BCUT2D eigenvalue weighted by atomic mass is 16.5. The van der Waals surface area contributed by atoms with E-state index in [-0.39, 0.29) is 36.0 Å². The highest BCUT2D eigenvalue weighted by molar-refractivity contribution is 5.99. The SMILES string of the molecule is CO[C@H]1CN(C)C(=O)c2cc(NC(=O)NC(C)C)ccc2OC[C@H](C)N(Cc2ccccc2)C[C@@H]1C. The number of fused-ring (bicyclic) bond motifs is 1. The number of amides is 3. The summed E-state index contributed by atoms with van der Waals surface area (Å²) in [5.41, 5.74) is 2.17. The number of carbonyl (C=O) groups excluding carboxylic acids is 2. The van der Waals surface area contributed by atoms with Crippen LogP contribution in [-0.4, -0.2) is 73.8 Å². The highest BCUT2D eigenvalue weighted by Crippen LogP contribution is 2.27. The molecular formula is C28H40N4O4. The van der Waals surface area contributed by atoms with Gasteiger partial charge in [-0.15, -0.1) is 0 Å². The lowest BCUT2D eigenvalue weighted by atomic mass is 10.0. The van der Waals surface area contributed by atoms with E-state index in [1.54, 1.807) is 37.3 Å². The van der Waals surface area contributed by atoms with Gasteiger partial charge >= 0.3 is 6.03 Å². The quantitative estimate of drug-likeness (QED) is 0.648. The molecule has 3 atom stereocenters. The smallest absolute Gasteiger partial charge is 0.319 e. The minimum Gasteiger partial charge on any atom is -0.491 e. The maximum atomic E-state index is 13.5. The maximum Gasteiger partial charge on any atom is 0.319 e. The van der Waals surface area contributed by atoms with Crippen LogP contribution >= 0.6 is 0 Å². The zero-order valence-corrected chi connectivity index (χ0v) is 22.3. The van der Waals surface area contributed by atoms with Crippen molar-refractivity contribution >= 4 is 17.6 Å². The summed E-state index contributed by atoms with van der Waals surface area (Å²) in [4.78, 5) is 29.8. The Hall–Kier alpha value is -3.10. The molecule has 0 radical (unpaired) electrons. The molecule has 0 fully saturated rings. The first-order chi connectivity index (χ1) is 17.2. The van der Waals surface area contributed by atoms with Gasteiger partial charge in [0, 0.05) is 51.6 Å². The summed E-state index contributed by atoms with van der Waals surface area (Å²) in [7, 11) is 3.47. The van der Waals surface area contributed by atoms with Gasteiger partial charge in [0.25, 0.3) is 5.91 Å². The molecule has 0 saturated carbocycles. The fourth-order valence-corrected chi connectivity index (χ4v) is 4.40. The van der Waals surface area contributed by atoms with Crippen molar-refractivity contribution in [2.24, 2.45) is 5.92 Å². The fraction of sp³-hybridized carbons (Fsp3) is 0.500. The normalized spacial score (nSPS) is 21.7. The molecule has 0 spiro atoms. The highest BCUT2D eigenvalue weighted by Gasteiger charge is 2.28. The van der Waals surface area contributed by atoms with Gasteiger partial charge in [0.05, 0.1) is 11.7 Å². The first kappa shape index (κ1) is 27.5. The summed E-state index contributed by atoms with van der Waals surface area (Å²) in [6.45, 7) is 10.5. The molecule has 8 nitrogen and oxygen atoms in total. The predicted molar refractivity (Wildman–Crippen MR) is 142 cm³/mol. The van der Waals surface area contributed by atoms with Crippen LogP contribution in [0.15, 0.2) is 48.5 Å². The van der Waals surface area contributed by atoms with Crippen molar-refractivity contribution in [3.63, 3.8) is 0 Å². The average Bonchev–Trinajstić information content (AvgIpc) is 2.84. The van der Waals surface area contributed by atoms with E-state index >= 15 is 0 Å². The van der Waals surface area contributed by atoms with Gasteiger partial charge in [0.1, 0.15) is 12.4 Å². The van der Waals surface area contributed by atoms with Gasteiger partial charge in [-0.05, 0) is 50.5 Å². The summed E-state index contributed by atoms with van der Waals surface area (Å²) < 4.78 is 12.1. The van der Waals surface area contributed by atoms with E-state index in [1.807, 2.05) is 19.9 Å². The third-order valence-corrected chi connectivity index (χ3v) is 6.48. The third-order valence-electron chi connectivity index (χ3n) is 6.48. The summed E-state index contributed by atoms with van der Waals surface area (Å²) in [5.74, 6) is 0.500. The van der Waals surface area contributed by atoms with Crippen LogP contribution < -0.4 is 15.4 Å². The van der Waals surface area contributed by atoms with Gasteiger partial charge in [0.15, 0.2) is 0 Å². The van der Waals surface area contributed by atoms with Crippen LogP contribution in [0.3, 0.4) is 0 Å². The van der Waals surface area contributed by atoms with Crippen LogP contribution in [0.25, 0.3) is 0 Å². The second kappa shape index (κ2) is 12.7. The van der Waals surface area contributed by atoms with Gasteiger partial charge in [-0.2, -0.15) is 0 Å². The second-order valence-electron chi connectivity index (χ2n) is 9.98. The van der Waals surface area contributed by atoms with Crippen LogP contribution in [0.5, 0.6) is 5.75 Å². The number of hydrogen-bond acceptors (Lipinski definition) is 5. The van der Waals surface area contributed by atoms with Crippen molar-refractivity contribution in [1.82, 2.24) is 15.1 Å². The van der Waals surface area contributed by atoms with Crippen molar-refractivity contribution in [3.05, 3.63) is 59.7 Å². The van der Waals surface area contributed by atoms with Crippen molar-refractivity contribution in [1.29, 1.82) is 0 Å². The number of nitrogens with one attached hydrogen (secondary N) is 2. The van der Waals surface area contributed by atoms with Gasteiger partial charge < -0.3 is 25.0 Å². The first-order valence-electron chi connectivity index (χ1n) is 12.6. The fourth-order valence-electron chi connectivity index (χ4n) is 4.40. The number of rotatable bonds is 5. The number of methoxy groups -OCH3 is 1. The molecule has 1 aliphatic rings. The second-order valence-corrected chi connectivity index (χ2v) is 9.98. The van der Waals surface area contributed by atoms with Gasteiger partial charge in [-0.1, -0.05) is 37.3 Å². The molecule has 36 heavy (non-hydrogen) atoms. The molecule has 0 aromatic heterocycles. The molecule has 196 valence electrons. The van der Waals surface area contributed by atoms with E-state index in [1.165, 1.54) is 5.56 Å². The summed E-state index contributed by atoms with van der Waals surface area (Å²) in [5, 5.41) is 5.60. The Morgan fingerprint density at radius 3 is 2.53 bits per heavy atom. The number of anilines is 1. The molecule has 0 aliphatic carbocycles. The molecular weight excluding hydrogens is 456 g/mol. The number of carbonyl (C=O) groups is 2. The first-order valence-corrected chi connectivity index (χ1v) is 12.6. The molecule has 2 N–H and O–H groups in total. The summed E-state index contributed by atoms with van der Waals surface area (Å²) >= 11 is 0. The van der Waals surface area contributed by atoms with Crippen molar-refractivity contribution < 1.29 is 19.1 Å². The largest absolute Gasteiger partial charge is 0.491 e. The lowest BCUT2D eigenvalue weighted by Gasteiger charge is -2.36. The Morgan fingerprint density at radius 1 is 1.14 bits per heavy atom. The number of urea groups is 1. The summed E-state index contributed by atoms with van der Waals surface area (Å²) in [6, 6.07) is 15.4. The Kier molecular flexibility index (Phi) is 9.73. The Morgan fingerprint density at radius 2 is 1.86 bits per heavy atom. The molecule has 0 unspecified atom stereocenters. The standard InChI is InChI=1S/C28H40N4O4/c1-19(2)29-28(34)30-23-12-13-25-24(14-23)27(33)31(5)17-26(35-6)20(3)15-32(21(4)18-36-25)16-22-10-8-7-9-11-22/h7-14,19-21,26H,15-18H2,1-6H3,(H2,29,30,34)/t20-,21-,26-/m0/s1. The van der Waals surface area contributed by atoms with Crippen molar-refractivity contribution in [2.45, 2.75) is 52.4 Å². The number of nitrogens with zero attached hydrogens (tertiary/aromatic N) is 2. The Bertz CT molecular complexity index is 1010. The number of benzene rings is 2. The lowest BCUT2D eigenvalue weighted by Crippen LogP contribution is -2.46. The topological polar surface area (TPSA) is 83.1 Å². The number of hydrogen-bond donors (Lipinski definition) is 2. The van der Waals surface area contributed by atoms with E-state index in [2.05, 4.69) is 53.6 Å². The zero-order chi connectivity index (χ0) is 26.2. The van der Waals surface area contributed by atoms with E-state index in [4.69, 9.17) is 9.47 Å². The molecule has 1 heterocycles. The molecule has 0 bridgehead atoms. The maximum absolute atomic E-state index is 13.5. The zero-order valence-electron chi connectivity index (χ0n) is 22.3. The molecule has 2 aromatic carbocycles. The van der Waals surface area contributed by atoms with Crippen LogP contribution in [0.2, 0.25) is 0 Å². The molecule has 1 aliphatic heterocycles. The minimum absolute atomic E-state index is 0.00123. The van der Waals surface area contributed by atoms with Crippen LogP contribution in [0.1, 0.15) is 43.6 Å². The number of likely N-dealkylation sites (N-methyl/N-ethyl adjacent to an activating group) is 1. The van der Waals surface area contributed by atoms with Crippen LogP contribution in [-0.2, 0) is 11.3 Å². The average molecular weight is 497 g/mol. The monoisotopic (exact) mass is 496 g/mol. The predicted octanol–water partition coefficient (Wildman–Crippen LogP) is 4.22. The van der Waals surface area contributed by atoms with E-state index in [9.17, 15) is 9.59 Å². The molecule has 3 amide bonds. The molecule has 8 heteroatoms. The van der Waals surface area contributed by atoms with Gasteiger partial charge in [0.2, 0.25) is 0 Å². The lowest BCUT2D eigenvalue weighted by molar-refractivity contribution is 0.00921. The summed E-state index contributed by atoms with van der Waals surface area (Å²) in [6.07, 6.45) is -0.133. The van der Waals surface area contributed by atoms with Crippen molar-refractivity contribution in [3.8, 4) is 5.75 Å². The van der Waals surface area contributed by atoms with E-state index < -0.39 is 0 Å². The van der Waals surface area contributed by atoms with Crippen LogP contribution in [0.4, 0.5) is 10.5 Å². The Labute approximate surface area is 214 Å². The minimum atomic E-state index is -0.321. The van der Waals surface area contributed by atoms with E-state index in [0.717, 1.165) is 13.1 Å². The molecule has 0 saturated heterocycles.